The lowest BCUT2D eigenvalue weighted by atomic mass is 10.0. The third kappa shape index (κ3) is 7.21. The Morgan fingerprint density at radius 2 is 1.41 bits per heavy atom. The van der Waals surface area contributed by atoms with Gasteiger partial charge in [-0.05, 0) is 61.4 Å². The fourth-order valence-corrected chi connectivity index (χ4v) is 3.21. The lowest BCUT2D eigenvalue weighted by Gasteiger charge is -2.13. The van der Waals surface area contributed by atoms with Gasteiger partial charge >= 0.3 is 5.97 Å². The maximum atomic E-state index is 12.3. The van der Waals surface area contributed by atoms with Gasteiger partial charge in [0.15, 0.2) is 0 Å². The van der Waals surface area contributed by atoms with E-state index in [0.29, 0.717) is 5.56 Å². The molecule has 0 fully saturated rings. The Kier molecular flexibility index (Phi) is 9.10. The van der Waals surface area contributed by atoms with Crippen molar-refractivity contribution in [3.05, 3.63) is 59.7 Å². The molecule has 2 rings (SSSR count). The molecule has 0 aliphatic heterocycles. The van der Waals surface area contributed by atoms with Crippen molar-refractivity contribution in [3.8, 4) is 11.1 Å². The van der Waals surface area contributed by atoms with Crippen molar-refractivity contribution in [2.24, 2.45) is 0 Å². The summed E-state index contributed by atoms with van der Waals surface area (Å²) in [5, 5.41) is 0. The first kappa shape index (κ1) is 21.2. The van der Waals surface area contributed by atoms with E-state index in [-0.39, 0.29) is 12.1 Å². The van der Waals surface area contributed by atoms with Crippen LogP contribution in [0, 0.1) is 0 Å². The monoisotopic (exact) mass is 366 g/mol. The Morgan fingerprint density at radius 1 is 0.815 bits per heavy atom. The number of hydrogen-bond acceptors (Lipinski definition) is 2. The molecule has 146 valence electrons. The summed E-state index contributed by atoms with van der Waals surface area (Å²) in [5.41, 5.74) is 4.31. The van der Waals surface area contributed by atoms with Gasteiger partial charge in [0.05, 0.1) is 11.7 Å². The van der Waals surface area contributed by atoms with E-state index in [4.69, 9.17) is 4.74 Å². The van der Waals surface area contributed by atoms with E-state index < -0.39 is 0 Å². The van der Waals surface area contributed by atoms with Crippen LogP contribution in [-0.2, 0) is 11.2 Å². The molecule has 27 heavy (non-hydrogen) atoms. The molecule has 1 atom stereocenters. The molecule has 0 aliphatic rings. The summed E-state index contributed by atoms with van der Waals surface area (Å²) in [6.45, 7) is 6.40. The maximum absolute atomic E-state index is 12.3. The number of hydrogen-bond donors (Lipinski definition) is 0. The number of benzene rings is 2. The Balaban J connectivity index is 1.89. The van der Waals surface area contributed by atoms with Gasteiger partial charge in [0, 0.05) is 0 Å². The molecular formula is C25H34O2. The minimum absolute atomic E-state index is 0.0234. The normalized spacial score (nSPS) is 12.0. The number of esters is 1. The third-order valence-electron chi connectivity index (χ3n) is 5.00. The highest BCUT2D eigenvalue weighted by atomic mass is 16.5. The molecule has 2 nitrogen and oxygen atoms in total. The number of unbranched alkanes of at least 4 members (excludes halogenated alkanes) is 4. The Bertz CT molecular complexity index is 670. The van der Waals surface area contributed by atoms with Gasteiger partial charge in [-0.25, -0.2) is 4.79 Å². The quantitative estimate of drug-likeness (QED) is 0.310. The summed E-state index contributed by atoms with van der Waals surface area (Å²) < 4.78 is 5.58. The van der Waals surface area contributed by atoms with Gasteiger partial charge in [-0.2, -0.15) is 0 Å². The topological polar surface area (TPSA) is 26.3 Å². The van der Waals surface area contributed by atoms with Crippen LogP contribution < -0.4 is 0 Å². The second kappa shape index (κ2) is 11.6. The molecule has 0 aliphatic carbocycles. The number of rotatable bonds is 11. The van der Waals surface area contributed by atoms with E-state index in [1.165, 1.54) is 43.2 Å². The van der Waals surface area contributed by atoms with E-state index in [9.17, 15) is 4.79 Å². The van der Waals surface area contributed by atoms with Crippen LogP contribution >= 0.6 is 0 Å². The first-order chi connectivity index (χ1) is 13.1. The zero-order chi connectivity index (χ0) is 19.5. The van der Waals surface area contributed by atoms with Crippen LogP contribution in [-0.4, -0.2) is 12.1 Å². The molecular weight excluding hydrogens is 332 g/mol. The molecule has 0 heterocycles. The van der Waals surface area contributed by atoms with Gasteiger partial charge in [-0.1, -0.05) is 75.9 Å². The highest BCUT2D eigenvalue weighted by Crippen LogP contribution is 2.21. The van der Waals surface area contributed by atoms with Crippen LogP contribution in [0.4, 0.5) is 0 Å². The molecule has 1 unspecified atom stereocenters. The third-order valence-corrected chi connectivity index (χ3v) is 5.00. The summed E-state index contributed by atoms with van der Waals surface area (Å²) in [6, 6.07) is 16.5. The van der Waals surface area contributed by atoms with Gasteiger partial charge in [0.1, 0.15) is 0 Å². The summed E-state index contributed by atoms with van der Waals surface area (Å²) in [6.07, 6.45) is 9.31. The van der Waals surface area contributed by atoms with Gasteiger partial charge in [0.25, 0.3) is 0 Å². The van der Waals surface area contributed by atoms with Crippen LogP contribution in [0.1, 0.15) is 81.6 Å². The molecule has 0 N–H and O–H groups in total. The zero-order valence-electron chi connectivity index (χ0n) is 17.2. The van der Waals surface area contributed by atoms with Crippen LogP contribution in [0.3, 0.4) is 0 Å². The van der Waals surface area contributed by atoms with Crippen molar-refractivity contribution >= 4 is 5.97 Å². The minimum Gasteiger partial charge on any atom is -0.459 e. The highest BCUT2D eigenvalue weighted by Gasteiger charge is 2.12. The van der Waals surface area contributed by atoms with Crippen molar-refractivity contribution < 1.29 is 9.53 Å². The first-order valence-corrected chi connectivity index (χ1v) is 10.5. The summed E-state index contributed by atoms with van der Waals surface area (Å²) in [5.74, 6) is -0.223. The van der Waals surface area contributed by atoms with Crippen molar-refractivity contribution in [1.82, 2.24) is 0 Å². The second-order valence-electron chi connectivity index (χ2n) is 7.44. The van der Waals surface area contributed by atoms with Gasteiger partial charge < -0.3 is 4.74 Å². The first-order valence-electron chi connectivity index (χ1n) is 10.5. The minimum atomic E-state index is -0.223. The lowest BCUT2D eigenvalue weighted by Crippen LogP contribution is -2.15. The SMILES string of the molecule is CCCCCCC(C)OC(=O)c1ccc(-c2ccc(CCCC)cc2)cc1. The van der Waals surface area contributed by atoms with Crippen LogP contribution in [0.2, 0.25) is 0 Å². The highest BCUT2D eigenvalue weighted by molar-refractivity contribution is 5.90. The molecule has 0 bridgehead atoms. The maximum Gasteiger partial charge on any atom is 0.338 e. The predicted octanol–water partition coefficient (Wildman–Crippen LogP) is 7.21. The molecule has 2 heteroatoms. The van der Waals surface area contributed by atoms with Crippen molar-refractivity contribution in [2.45, 2.75) is 78.2 Å². The molecule has 2 aromatic rings. The average molecular weight is 367 g/mol. The Hall–Kier alpha value is -2.09. The van der Waals surface area contributed by atoms with Gasteiger partial charge in [0.2, 0.25) is 0 Å². The molecule has 0 radical (unpaired) electrons. The second-order valence-corrected chi connectivity index (χ2v) is 7.44. The van der Waals surface area contributed by atoms with Crippen molar-refractivity contribution in [1.29, 1.82) is 0 Å². The van der Waals surface area contributed by atoms with Crippen molar-refractivity contribution in [2.75, 3.05) is 0 Å². The van der Waals surface area contributed by atoms with Crippen LogP contribution in [0.15, 0.2) is 48.5 Å². The predicted molar refractivity (Wildman–Crippen MR) is 114 cm³/mol. The molecule has 0 saturated heterocycles. The smallest absolute Gasteiger partial charge is 0.338 e. The molecule has 2 aromatic carbocycles. The Labute approximate surface area is 165 Å². The van der Waals surface area contributed by atoms with Crippen LogP contribution in [0.5, 0.6) is 0 Å². The van der Waals surface area contributed by atoms with E-state index in [1.54, 1.807) is 0 Å². The number of ether oxygens (including phenoxy) is 1. The number of carbonyl (C=O) groups excluding carboxylic acids is 1. The summed E-state index contributed by atoms with van der Waals surface area (Å²) in [4.78, 5) is 12.3. The van der Waals surface area contributed by atoms with E-state index in [0.717, 1.165) is 24.8 Å². The molecule has 0 saturated carbocycles. The Morgan fingerprint density at radius 3 is 2.00 bits per heavy atom. The molecule has 0 amide bonds. The van der Waals surface area contributed by atoms with Gasteiger partial charge in [-0.3, -0.25) is 0 Å². The number of carbonyl (C=O) groups is 1. The molecule has 0 spiro atoms. The number of aryl methyl sites for hydroxylation is 1. The van der Waals surface area contributed by atoms with Crippen LogP contribution in [0.25, 0.3) is 11.1 Å². The van der Waals surface area contributed by atoms with Crippen molar-refractivity contribution in [3.63, 3.8) is 0 Å². The standard InChI is InChI=1S/C25H34O2/c1-4-6-8-9-10-20(3)27-25(26)24-18-16-23(17-19-24)22-14-12-21(13-15-22)11-7-5-2/h12-20H,4-11H2,1-3H3. The lowest BCUT2D eigenvalue weighted by molar-refractivity contribution is 0.0319. The van der Waals surface area contributed by atoms with E-state index >= 15 is 0 Å². The molecule has 0 aromatic heterocycles. The fraction of sp³-hybridized carbons (Fsp3) is 0.480. The fourth-order valence-electron chi connectivity index (χ4n) is 3.21. The van der Waals surface area contributed by atoms with E-state index in [2.05, 4.69) is 38.1 Å². The summed E-state index contributed by atoms with van der Waals surface area (Å²) in [7, 11) is 0. The largest absolute Gasteiger partial charge is 0.459 e. The van der Waals surface area contributed by atoms with E-state index in [1.807, 2.05) is 31.2 Å². The van der Waals surface area contributed by atoms with Gasteiger partial charge in [-0.15, -0.1) is 0 Å². The average Bonchev–Trinajstić information content (AvgIpc) is 2.70. The summed E-state index contributed by atoms with van der Waals surface area (Å²) >= 11 is 0. The zero-order valence-corrected chi connectivity index (χ0v) is 17.2.